The van der Waals surface area contributed by atoms with Gasteiger partial charge in [0.25, 0.3) is 5.91 Å². The summed E-state index contributed by atoms with van der Waals surface area (Å²) in [5.41, 5.74) is 11.6. The summed E-state index contributed by atoms with van der Waals surface area (Å²) in [5, 5.41) is 0. The molecule has 0 bridgehead atoms. The Morgan fingerprint density at radius 1 is 0.917 bits per heavy atom. The maximum atomic E-state index is 12.7. The third-order valence-corrected chi connectivity index (χ3v) is 6.56. The second kappa shape index (κ2) is 12.3. The number of hydrogen-bond donors (Lipinski definition) is 1. The number of aromatic nitrogens is 1. The Kier molecular flexibility index (Phi) is 9.17. The van der Waals surface area contributed by atoms with Crippen LogP contribution in [0.15, 0.2) is 42.5 Å². The number of carbonyl (C=O) groups is 2. The first-order valence-corrected chi connectivity index (χ1v) is 12.3. The number of ether oxygens (including phenoxy) is 3. The fourth-order valence-electron chi connectivity index (χ4n) is 4.68. The molecule has 0 saturated carbocycles. The normalized spacial score (nSPS) is 10.8. The smallest absolute Gasteiger partial charge is 0.337 e. The van der Waals surface area contributed by atoms with Crippen molar-refractivity contribution in [3.05, 3.63) is 70.5 Å². The lowest BCUT2D eigenvalue weighted by atomic mass is 9.96. The number of carbonyl (C=O) groups excluding carboxylic acids is 2. The molecule has 0 aliphatic carbocycles. The zero-order valence-corrected chi connectivity index (χ0v) is 21.8. The highest BCUT2D eigenvalue weighted by molar-refractivity contribution is 6.02. The molecule has 0 saturated heterocycles. The number of nitrogens with two attached hydrogens (primary N) is 1. The van der Waals surface area contributed by atoms with Gasteiger partial charge in [-0.2, -0.15) is 0 Å². The van der Waals surface area contributed by atoms with Crippen LogP contribution in [0.5, 0.6) is 11.5 Å². The van der Waals surface area contributed by atoms with Crippen LogP contribution < -0.4 is 15.2 Å². The van der Waals surface area contributed by atoms with Crippen molar-refractivity contribution < 1.29 is 23.8 Å². The van der Waals surface area contributed by atoms with E-state index >= 15 is 0 Å². The first-order valence-electron chi connectivity index (χ1n) is 12.3. The van der Waals surface area contributed by atoms with Crippen molar-refractivity contribution in [2.45, 2.75) is 52.5 Å². The second-order valence-corrected chi connectivity index (χ2v) is 8.76. The van der Waals surface area contributed by atoms with Crippen molar-refractivity contribution in [2.75, 3.05) is 21.3 Å². The zero-order valence-electron chi connectivity index (χ0n) is 21.8. The summed E-state index contributed by atoms with van der Waals surface area (Å²) in [5.74, 6) is 0.517. The number of nitrogens with zero attached hydrogens (tertiary/aromatic N) is 1. The van der Waals surface area contributed by atoms with Gasteiger partial charge in [-0.05, 0) is 61.6 Å². The molecular weight excluding hydrogens is 456 g/mol. The molecule has 0 unspecified atom stereocenters. The van der Waals surface area contributed by atoms with Crippen LogP contribution in [-0.4, -0.2) is 37.8 Å². The molecule has 1 heterocycles. The quantitative estimate of drug-likeness (QED) is 0.272. The molecule has 2 aromatic carbocycles. The molecule has 0 atom stereocenters. The monoisotopic (exact) mass is 492 g/mol. The van der Waals surface area contributed by atoms with Gasteiger partial charge in [0.15, 0.2) is 11.5 Å². The SMILES string of the molecule is CCCCCc1c(-c2ccc(C(=O)OC)cc2)c(C(N)=O)c(C)n1CCc1ccc(OC)c(OC)c1. The van der Waals surface area contributed by atoms with E-state index in [0.29, 0.717) is 29.2 Å². The zero-order chi connectivity index (χ0) is 26.2. The Morgan fingerprint density at radius 2 is 1.61 bits per heavy atom. The summed E-state index contributed by atoms with van der Waals surface area (Å²) in [6, 6.07) is 13.1. The number of esters is 1. The summed E-state index contributed by atoms with van der Waals surface area (Å²) in [6.07, 6.45) is 4.75. The van der Waals surface area contributed by atoms with Gasteiger partial charge in [-0.1, -0.05) is 38.0 Å². The Bertz CT molecular complexity index is 1210. The molecule has 0 aliphatic rings. The van der Waals surface area contributed by atoms with E-state index in [4.69, 9.17) is 19.9 Å². The van der Waals surface area contributed by atoms with Crippen LogP contribution in [0.25, 0.3) is 11.1 Å². The lowest BCUT2D eigenvalue weighted by Crippen LogP contribution is -2.14. The van der Waals surface area contributed by atoms with Crippen molar-refractivity contribution in [1.29, 1.82) is 0 Å². The van der Waals surface area contributed by atoms with Gasteiger partial charge in [0, 0.05) is 23.5 Å². The molecule has 3 rings (SSSR count). The highest BCUT2D eigenvalue weighted by atomic mass is 16.5. The van der Waals surface area contributed by atoms with Crippen molar-refractivity contribution in [2.24, 2.45) is 5.73 Å². The predicted octanol–water partition coefficient (Wildman–Crippen LogP) is 5.34. The molecular formula is C29H36N2O5. The maximum Gasteiger partial charge on any atom is 0.337 e. The van der Waals surface area contributed by atoms with Crippen LogP contribution in [0.4, 0.5) is 0 Å². The van der Waals surface area contributed by atoms with Gasteiger partial charge >= 0.3 is 5.97 Å². The maximum absolute atomic E-state index is 12.7. The van der Waals surface area contributed by atoms with Crippen LogP contribution in [0, 0.1) is 6.92 Å². The van der Waals surface area contributed by atoms with Gasteiger partial charge in [-0.25, -0.2) is 4.79 Å². The van der Waals surface area contributed by atoms with Crippen molar-refractivity contribution in [3.8, 4) is 22.6 Å². The number of methoxy groups -OCH3 is 3. The molecule has 2 N–H and O–H groups in total. The minimum absolute atomic E-state index is 0.400. The molecule has 3 aromatic rings. The lowest BCUT2D eigenvalue weighted by Gasteiger charge is -2.15. The first-order chi connectivity index (χ1) is 17.4. The second-order valence-electron chi connectivity index (χ2n) is 8.76. The average molecular weight is 493 g/mol. The predicted molar refractivity (Wildman–Crippen MR) is 141 cm³/mol. The minimum atomic E-state index is -0.457. The number of rotatable bonds is 12. The van der Waals surface area contributed by atoms with E-state index in [1.54, 1.807) is 26.4 Å². The molecule has 1 amide bonds. The third kappa shape index (κ3) is 5.73. The Morgan fingerprint density at radius 3 is 2.19 bits per heavy atom. The largest absolute Gasteiger partial charge is 0.493 e. The number of benzene rings is 2. The van der Waals surface area contributed by atoms with Crippen molar-refractivity contribution in [3.63, 3.8) is 0 Å². The summed E-state index contributed by atoms with van der Waals surface area (Å²) < 4.78 is 17.9. The van der Waals surface area contributed by atoms with Crippen LogP contribution in [0.3, 0.4) is 0 Å². The van der Waals surface area contributed by atoms with E-state index in [0.717, 1.165) is 60.2 Å². The summed E-state index contributed by atoms with van der Waals surface area (Å²) in [4.78, 5) is 24.6. The van der Waals surface area contributed by atoms with E-state index in [2.05, 4.69) is 11.5 Å². The fraction of sp³-hybridized carbons (Fsp3) is 0.379. The van der Waals surface area contributed by atoms with Gasteiger partial charge in [0.05, 0.1) is 32.5 Å². The molecule has 0 aliphatic heterocycles. The van der Waals surface area contributed by atoms with E-state index in [-0.39, 0.29) is 0 Å². The molecule has 192 valence electrons. The average Bonchev–Trinajstić information content (AvgIpc) is 3.18. The van der Waals surface area contributed by atoms with E-state index in [9.17, 15) is 9.59 Å². The lowest BCUT2D eigenvalue weighted by molar-refractivity contribution is 0.0600. The topological polar surface area (TPSA) is 92.8 Å². The number of unbranched alkanes of at least 4 members (excludes halogenated alkanes) is 2. The van der Waals surface area contributed by atoms with Gasteiger partial charge in [0.2, 0.25) is 0 Å². The highest BCUT2D eigenvalue weighted by Crippen LogP contribution is 2.35. The first kappa shape index (κ1) is 26.9. The fourth-order valence-corrected chi connectivity index (χ4v) is 4.68. The van der Waals surface area contributed by atoms with Crippen LogP contribution in [-0.2, 0) is 24.1 Å². The number of amides is 1. The van der Waals surface area contributed by atoms with Gasteiger partial charge in [-0.15, -0.1) is 0 Å². The molecule has 0 spiro atoms. The minimum Gasteiger partial charge on any atom is -0.493 e. The Labute approximate surface area is 213 Å². The Hall–Kier alpha value is -3.74. The summed E-state index contributed by atoms with van der Waals surface area (Å²) >= 11 is 0. The summed E-state index contributed by atoms with van der Waals surface area (Å²) in [6.45, 7) is 4.80. The number of primary amides is 1. The molecule has 0 fully saturated rings. The summed E-state index contributed by atoms with van der Waals surface area (Å²) in [7, 11) is 4.60. The van der Waals surface area contributed by atoms with Crippen LogP contribution in [0.2, 0.25) is 0 Å². The van der Waals surface area contributed by atoms with Crippen molar-refractivity contribution in [1.82, 2.24) is 4.57 Å². The standard InChI is InChI=1S/C29H36N2O5/c1-6-7-8-9-23-27(21-11-13-22(14-12-21)29(33)36-5)26(28(30)32)19(2)31(23)17-16-20-10-15-24(34-3)25(18-20)35-4/h10-15,18H,6-9,16-17H2,1-5H3,(H2,30,32). The van der Waals surface area contributed by atoms with Gasteiger partial charge in [-0.3, -0.25) is 4.79 Å². The molecule has 0 radical (unpaired) electrons. The number of aryl methyl sites for hydroxylation is 1. The highest BCUT2D eigenvalue weighted by Gasteiger charge is 2.25. The molecule has 7 nitrogen and oxygen atoms in total. The van der Waals surface area contributed by atoms with Crippen molar-refractivity contribution >= 4 is 11.9 Å². The van der Waals surface area contributed by atoms with Gasteiger partial charge < -0.3 is 24.5 Å². The molecule has 36 heavy (non-hydrogen) atoms. The van der Waals surface area contributed by atoms with Crippen LogP contribution >= 0.6 is 0 Å². The third-order valence-electron chi connectivity index (χ3n) is 6.56. The van der Waals surface area contributed by atoms with E-state index in [1.165, 1.54) is 7.11 Å². The molecule has 7 heteroatoms. The molecule has 1 aromatic heterocycles. The van der Waals surface area contributed by atoms with E-state index < -0.39 is 11.9 Å². The van der Waals surface area contributed by atoms with Gasteiger partial charge in [0.1, 0.15) is 0 Å². The van der Waals surface area contributed by atoms with E-state index in [1.807, 2.05) is 37.3 Å². The van der Waals surface area contributed by atoms with Crippen LogP contribution in [0.1, 0.15) is 63.9 Å². The Balaban J connectivity index is 2.06. The number of hydrogen-bond acceptors (Lipinski definition) is 5.